The molecule has 1 amide bonds. The fraction of sp³-hybridized carbons (Fsp3) is 0.278. The largest absolute Gasteiger partial charge is 0.325 e. The van der Waals surface area contributed by atoms with E-state index < -0.39 is 22.0 Å². The van der Waals surface area contributed by atoms with E-state index in [0.717, 1.165) is 19.3 Å². The zero-order valence-electron chi connectivity index (χ0n) is 14.1. The predicted molar refractivity (Wildman–Crippen MR) is 103 cm³/mol. The molecule has 0 heterocycles. The molecule has 0 saturated heterocycles. The van der Waals surface area contributed by atoms with Crippen LogP contribution >= 0.6 is 23.2 Å². The summed E-state index contributed by atoms with van der Waals surface area (Å²) in [4.78, 5) is 12.3. The number of nitrogens with one attached hydrogen (secondary N) is 2. The third-order valence-corrected chi connectivity index (χ3v) is 6.57. The number of fused-ring (bicyclic) bond motifs is 1. The van der Waals surface area contributed by atoms with E-state index >= 15 is 0 Å². The third-order valence-electron chi connectivity index (χ3n) is 4.29. The monoisotopic (exact) mass is 412 g/mol. The second-order valence-electron chi connectivity index (χ2n) is 6.25. The van der Waals surface area contributed by atoms with Gasteiger partial charge in [0.15, 0.2) is 0 Å². The van der Waals surface area contributed by atoms with E-state index in [0.29, 0.717) is 5.69 Å². The Bertz CT molecular complexity index is 961. The molecular weight excluding hydrogens is 395 g/mol. The van der Waals surface area contributed by atoms with Gasteiger partial charge in [-0.05, 0) is 67.6 Å². The Labute approximate surface area is 162 Å². The first kappa shape index (κ1) is 19.2. The fourth-order valence-electron chi connectivity index (χ4n) is 2.90. The molecule has 8 heteroatoms. The first-order valence-electron chi connectivity index (χ1n) is 8.16. The summed E-state index contributed by atoms with van der Waals surface area (Å²) in [5.74, 6) is -0.438. The summed E-state index contributed by atoms with van der Waals surface area (Å²) in [6.07, 6.45) is 3.18. The molecular formula is C18H18Cl2N2O3S. The van der Waals surface area contributed by atoms with Crippen molar-refractivity contribution in [1.82, 2.24) is 4.72 Å². The van der Waals surface area contributed by atoms with E-state index in [-0.39, 0.29) is 14.9 Å². The Hall–Kier alpha value is -1.60. The number of aryl methyl sites for hydroxylation is 2. The van der Waals surface area contributed by atoms with Gasteiger partial charge in [-0.3, -0.25) is 4.79 Å². The van der Waals surface area contributed by atoms with Gasteiger partial charge in [-0.25, -0.2) is 8.42 Å². The summed E-state index contributed by atoms with van der Waals surface area (Å²) in [6.45, 7) is 1.48. The first-order chi connectivity index (χ1) is 12.3. The van der Waals surface area contributed by atoms with Crippen LogP contribution in [0.4, 0.5) is 5.69 Å². The number of hydrogen-bond donors (Lipinski definition) is 2. The number of sulfonamides is 1. The van der Waals surface area contributed by atoms with Crippen LogP contribution in [-0.4, -0.2) is 20.4 Å². The van der Waals surface area contributed by atoms with Crippen LogP contribution < -0.4 is 10.0 Å². The normalized spacial score (nSPS) is 14.7. The van der Waals surface area contributed by atoms with Gasteiger partial charge in [0, 0.05) is 5.69 Å². The second-order valence-corrected chi connectivity index (χ2v) is 8.77. The number of benzene rings is 2. The van der Waals surface area contributed by atoms with Crippen molar-refractivity contribution < 1.29 is 13.2 Å². The molecule has 138 valence electrons. The summed E-state index contributed by atoms with van der Waals surface area (Å²) in [6, 6.07) is 8.81. The zero-order valence-corrected chi connectivity index (χ0v) is 16.4. The van der Waals surface area contributed by atoms with E-state index in [1.54, 1.807) is 0 Å². The van der Waals surface area contributed by atoms with E-state index in [1.807, 2.05) is 18.2 Å². The smallest absolute Gasteiger partial charge is 0.242 e. The van der Waals surface area contributed by atoms with Gasteiger partial charge in [-0.2, -0.15) is 4.72 Å². The van der Waals surface area contributed by atoms with E-state index in [2.05, 4.69) is 10.0 Å². The van der Waals surface area contributed by atoms with Crippen LogP contribution in [-0.2, 0) is 27.7 Å². The lowest BCUT2D eigenvalue weighted by molar-refractivity contribution is -0.117. The van der Waals surface area contributed by atoms with Gasteiger partial charge in [-0.1, -0.05) is 29.3 Å². The molecule has 0 spiro atoms. The van der Waals surface area contributed by atoms with Crippen molar-refractivity contribution in [2.45, 2.75) is 37.1 Å². The summed E-state index contributed by atoms with van der Waals surface area (Å²) in [5, 5.41) is 3.14. The number of halogens is 2. The maximum absolute atomic E-state index is 12.4. The van der Waals surface area contributed by atoms with Crippen molar-refractivity contribution in [3.05, 3.63) is 57.6 Å². The molecule has 2 aromatic carbocycles. The number of carbonyl (C=O) groups is 1. The van der Waals surface area contributed by atoms with Crippen molar-refractivity contribution in [2.75, 3.05) is 5.32 Å². The minimum Gasteiger partial charge on any atom is -0.325 e. The maximum Gasteiger partial charge on any atom is 0.242 e. The van der Waals surface area contributed by atoms with Crippen LogP contribution in [0.1, 0.15) is 24.5 Å². The SMILES string of the molecule is C[C@@H](NS(=O)(=O)c1ccc(Cl)c(Cl)c1)C(=O)Nc1ccc2c(c1)CCC2. The zero-order chi connectivity index (χ0) is 18.9. The number of rotatable bonds is 5. The van der Waals surface area contributed by atoms with Crippen LogP contribution in [0.3, 0.4) is 0 Å². The summed E-state index contributed by atoms with van der Waals surface area (Å²) in [5.41, 5.74) is 3.19. The van der Waals surface area contributed by atoms with Crippen molar-refractivity contribution in [3.8, 4) is 0 Å². The van der Waals surface area contributed by atoms with Crippen LogP contribution in [0, 0.1) is 0 Å². The fourth-order valence-corrected chi connectivity index (χ4v) is 4.49. The lowest BCUT2D eigenvalue weighted by Crippen LogP contribution is -2.41. The lowest BCUT2D eigenvalue weighted by Gasteiger charge is -2.15. The van der Waals surface area contributed by atoms with Gasteiger partial charge in [-0.15, -0.1) is 0 Å². The number of carbonyl (C=O) groups excluding carboxylic acids is 1. The van der Waals surface area contributed by atoms with E-state index in [1.165, 1.54) is 36.2 Å². The highest BCUT2D eigenvalue weighted by Crippen LogP contribution is 2.26. The summed E-state index contributed by atoms with van der Waals surface area (Å²) >= 11 is 11.7. The average molecular weight is 413 g/mol. The van der Waals surface area contributed by atoms with Gasteiger partial charge in [0.2, 0.25) is 15.9 Å². The van der Waals surface area contributed by atoms with Crippen molar-refractivity contribution in [3.63, 3.8) is 0 Å². The molecule has 3 rings (SSSR count). The second kappa shape index (κ2) is 7.56. The topological polar surface area (TPSA) is 75.3 Å². The minimum atomic E-state index is -3.90. The molecule has 0 unspecified atom stereocenters. The highest BCUT2D eigenvalue weighted by molar-refractivity contribution is 7.89. The molecule has 26 heavy (non-hydrogen) atoms. The Kier molecular flexibility index (Phi) is 5.58. The van der Waals surface area contributed by atoms with E-state index in [9.17, 15) is 13.2 Å². The van der Waals surface area contributed by atoms with Gasteiger partial charge in [0.25, 0.3) is 0 Å². The predicted octanol–water partition coefficient (Wildman–Crippen LogP) is 3.79. The Morgan fingerprint density at radius 3 is 2.50 bits per heavy atom. The first-order valence-corrected chi connectivity index (χ1v) is 10.4. The number of hydrogen-bond acceptors (Lipinski definition) is 3. The van der Waals surface area contributed by atoms with Crippen LogP contribution in [0.15, 0.2) is 41.3 Å². The quantitative estimate of drug-likeness (QED) is 0.783. The molecule has 0 bridgehead atoms. The highest BCUT2D eigenvalue weighted by Gasteiger charge is 2.23. The van der Waals surface area contributed by atoms with Gasteiger partial charge in [0.05, 0.1) is 21.0 Å². The molecule has 1 atom stereocenters. The molecule has 0 fully saturated rings. The standard InChI is InChI=1S/C18H18Cl2N2O3S/c1-11(22-26(24,25)15-7-8-16(19)17(20)10-15)18(23)21-14-6-5-12-3-2-4-13(12)9-14/h5-11,22H,2-4H2,1H3,(H,21,23)/t11-/m1/s1. The summed E-state index contributed by atoms with van der Waals surface area (Å²) < 4.78 is 27.2. The molecule has 1 aliphatic rings. The van der Waals surface area contributed by atoms with Crippen molar-refractivity contribution in [2.24, 2.45) is 0 Å². The highest BCUT2D eigenvalue weighted by atomic mass is 35.5. The van der Waals surface area contributed by atoms with E-state index in [4.69, 9.17) is 23.2 Å². The van der Waals surface area contributed by atoms with Gasteiger partial charge >= 0.3 is 0 Å². The number of amides is 1. The van der Waals surface area contributed by atoms with Crippen LogP contribution in [0.2, 0.25) is 10.0 Å². The molecule has 0 radical (unpaired) electrons. The van der Waals surface area contributed by atoms with Gasteiger partial charge < -0.3 is 5.32 Å². The summed E-state index contributed by atoms with van der Waals surface area (Å²) in [7, 11) is -3.90. The molecule has 2 N–H and O–H groups in total. The number of anilines is 1. The lowest BCUT2D eigenvalue weighted by atomic mass is 10.1. The molecule has 2 aromatic rings. The van der Waals surface area contributed by atoms with Crippen molar-refractivity contribution >= 4 is 44.8 Å². The Morgan fingerprint density at radius 2 is 1.77 bits per heavy atom. The maximum atomic E-state index is 12.4. The molecule has 0 saturated carbocycles. The molecule has 0 aromatic heterocycles. The molecule has 1 aliphatic carbocycles. The molecule has 5 nitrogen and oxygen atoms in total. The van der Waals surface area contributed by atoms with Gasteiger partial charge in [0.1, 0.15) is 0 Å². The van der Waals surface area contributed by atoms with Crippen LogP contribution in [0.5, 0.6) is 0 Å². The Morgan fingerprint density at radius 1 is 1.04 bits per heavy atom. The van der Waals surface area contributed by atoms with Crippen LogP contribution in [0.25, 0.3) is 0 Å². The van der Waals surface area contributed by atoms with Crippen molar-refractivity contribution in [1.29, 1.82) is 0 Å². The molecule has 0 aliphatic heterocycles. The minimum absolute atomic E-state index is 0.0518. The third kappa shape index (κ3) is 4.20. The Balaban J connectivity index is 1.69. The average Bonchev–Trinajstić information content (AvgIpc) is 3.04.